The number of aliphatic carboxylic acids is 1. The molecular weight excluding hydrogens is 196 g/mol. The molecule has 0 fully saturated rings. The molecule has 82 valence electrons. The predicted molar refractivity (Wildman–Crippen MR) is 54.9 cm³/mol. The molecule has 1 aromatic rings. The number of hydrogen-bond donors (Lipinski definition) is 1. The highest BCUT2D eigenvalue weighted by atomic mass is 16.5. The van der Waals surface area contributed by atoms with Crippen molar-refractivity contribution in [3.63, 3.8) is 0 Å². The third-order valence-electron chi connectivity index (χ3n) is 2.01. The topological polar surface area (TPSA) is 55.8 Å². The molecule has 4 nitrogen and oxygen atoms in total. The van der Waals surface area contributed by atoms with Crippen molar-refractivity contribution in [2.75, 3.05) is 7.11 Å². The van der Waals surface area contributed by atoms with E-state index < -0.39 is 12.1 Å². The Morgan fingerprint density at radius 2 is 2.00 bits per heavy atom. The Bertz CT molecular complexity index is 318. The first kappa shape index (κ1) is 11.5. The maximum absolute atomic E-state index is 10.5. The van der Waals surface area contributed by atoms with Crippen LogP contribution < -0.4 is 4.74 Å². The number of carboxylic acids is 1. The van der Waals surface area contributed by atoms with Crippen LogP contribution in [0.25, 0.3) is 0 Å². The van der Waals surface area contributed by atoms with Crippen LogP contribution in [0.4, 0.5) is 0 Å². The summed E-state index contributed by atoms with van der Waals surface area (Å²) in [6.45, 7) is 1.79. The fourth-order valence-electron chi connectivity index (χ4n) is 1.01. The van der Waals surface area contributed by atoms with E-state index in [0.717, 1.165) is 11.3 Å². The SMILES string of the molecule is COc1ccc(CO[C@H](C)C(=O)O)cc1. The third kappa shape index (κ3) is 3.59. The quantitative estimate of drug-likeness (QED) is 0.803. The molecule has 0 aromatic heterocycles. The van der Waals surface area contributed by atoms with Gasteiger partial charge in [0.2, 0.25) is 0 Å². The van der Waals surface area contributed by atoms with Gasteiger partial charge in [0.25, 0.3) is 0 Å². The van der Waals surface area contributed by atoms with Gasteiger partial charge >= 0.3 is 5.97 Å². The molecule has 15 heavy (non-hydrogen) atoms. The molecule has 0 saturated carbocycles. The van der Waals surface area contributed by atoms with Crippen LogP contribution >= 0.6 is 0 Å². The Hall–Kier alpha value is -1.55. The van der Waals surface area contributed by atoms with Crippen LogP contribution in [0.5, 0.6) is 5.75 Å². The summed E-state index contributed by atoms with van der Waals surface area (Å²) in [4.78, 5) is 10.5. The minimum absolute atomic E-state index is 0.289. The molecule has 1 rings (SSSR count). The summed E-state index contributed by atoms with van der Waals surface area (Å²) in [7, 11) is 1.60. The van der Waals surface area contributed by atoms with Crippen LogP contribution in [0.2, 0.25) is 0 Å². The van der Waals surface area contributed by atoms with E-state index in [1.807, 2.05) is 24.3 Å². The van der Waals surface area contributed by atoms with Crippen molar-refractivity contribution < 1.29 is 19.4 Å². The summed E-state index contributed by atoms with van der Waals surface area (Å²) >= 11 is 0. The van der Waals surface area contributed by atoms with Gasteiger partial charge in [0, 0.05) is 0 Å². The second-order valence-corrected chi connectivity index (χ2v) is 3.14. The number of ether oxygens (including phenoxy) is 2. The first-order chi connectivity index (χ1) is 7.13. The Balaban J connectivity index is 2.47. The van der Waals surface area contributed by atoms with Crippen LogP contribution in [0, 0.1) is 0 Å². The van der Waals surface area contributed by atoms with Crippen LogP contribution in [0.15, 0.2) is 24.3 Å². The summed E-state index contributed by atoms with van der Waals surface area (Å²) in [6, 6.07) is 7.30. The molecule has 0 aliphatic heterocycles. The Morgan fingerprint density at radius 1 is 1.40 bits per heavy atom. The minimum Gasteiger partial charge on any atom is -0.497 e. The van der Waals surface area contributed by atoms with E-state index in [0.29, 0.717) is 0 Å². The zero-order valence-corrected chi connectivity index (χ0v) is 8.77. The minimum atomic E-state index is -0.955. The fourth-order valence-corrected chi connectivity index (χ4v) is 1.01. The lowest BCUT2D eigenvalue weighted by Gasteiger charge is -2.08. The molecule has 0 aliphatic carbocycles. The summed E-state index contributed by atoms with van der Waals surface area (Å²) in [5.74, 6) is -0.187. The molecule has 0 aliphatic rings. The number of benzene rings is 1. The number of carbonyl (C=O) groups is 1. The predicted octanol–water partition coefficient (Wildman–Crippen LogP) is 1.68. The van der Waals surface area contributed by atoms with Crippen LogP contribution in [-0.2, 0) is 16.1 Å². The van der Waals surface area contributed by atoms with Gasteiger partial charge in [0.1, 0.15) is 5.75 Å². The van der Waals surface area contributed by atoms with E-state index in [1.165, 1.54) is 6.92 Å². The Morgan fingerprint density at radius 3 is 2.47 bits per heavy atom. The van der Waals surface area contributed by atoms with Crippen LogP contribution in [0.3, 0.4) is 0 Å². The molecule has 0 bridgehead atoms. The van der Waals surface area contributed by atoms with E-state index >= 15 is 0 Å². The van der Waals surface area contributed by atoms with Crippen molar-refractivity contribution in [3.8, 4) is 5.75 Å². The molecule has 0 heterocycles. The van der Waals surface area contributed by atoms with Gasteiger partial charge in [-0.25, -0.2) is 4.79 Å². The second-order valence-electron chi connectivity index (χ2n) is 3.14. The van der Waals surface area contributed by atoms with Gasteiger partial charge in [-0.3, -0.25) is 0 Å². The molecule has 1 atom stereocenters. The van der Waals surface area contributed by atoms with Crippen molar-refractivity contribution in [2.45, 2.75) is 19.6 Å². The van der Waals surface area contributed by atoms with E-state index in [4.69, 9.17) is 14.6 Å². The van der Waals surface area contributed by atoms with Gasteiger partial charge < -0.3 is 14.6 Å². The lowest BCUT2D eigenvalue weighted by atomic mass is 10.2. The van der Waals surface area contributed by atoms with Crippen molar-refractivity contribution >= 4 is 5.97 Å². The zero-order valence-electron chi connectivity index (χ0n) is 8.77. The highest BCUT2D eigenvalue weighted by molar-refractivity contribution is 5.71. The van der Waals surface area contributed by atoms with Gasteiger partial charge in [-0.05, 0) is 24.6 Å². The molecule has 0 unspecified atom stereocenters. The third-order valence-corrected chi connectivity index (χ3v) is 2.01. The van der Waals surface area contributed by atoms with Gasteiger partial charge in [0.05, 0.1) is 13.7 Å². The lowest BCUT2D eigenvalue weighted by Crippen LogP contribution is -2.19. The molecule has 0 radical (unpaired) electrons. The molecular formula is C11H14O4. The average molecular weight is 210 g/mol. The standard InChI is InChI=1S/C11H14O4/c1-8(11(12)13)15-7-9-3-5-10(14-2)6-4-9/h3-6,8H,7H2,1-2H3,(H,12,13)/t8-/m1/s1. The number of rotatable bonds is 5. The highest BCUT2D eigenvalue weighted by Gasteiger charge is 2.10. The van der Waals surface area contributed by atoms with E-state index in [9.17, 15) is 4.79 Å². The number of methoxy groups -OCH3 is 1. The monoisotopic (exact) mass is 210 g/mol. The molecule has 0 spiro atoms. The molecule has 1 aromatic carbocycles. The van der Waals surface area contributed by atoms with E-state index in [2.05, 4.69) is 0 Å². The summed E-state index contributed by atoms with van der Waals surface area (Å²) in [5, 5.41) is 8.60. The fraction of sp³-hybridized carbons (Fsp3) is 0.364. The van der Waals surface area contributed by atoms with Crippen molar-refractivity contribution in [1.82, 2.24) is 0 Å². The zero-order chi connectivity index (χ0) is 11.3. The lowest BCUT2D eigenvalue weighted by molar-refractivity contribution is -0.149. The average Bonchev–Trinajstić information content (AvgIpc) is 2.26. The molecule has 1 N–H and O–H groups in total. The van der Waals surface area contributed by atoms with Gasteiger partial charge in [-0.1, -0.05) is 12.1 Å². The van der Waals surface area contributed by atoms with Gasteiger partial charge in [-0.15, -0.1) is 0 Å². The maximum atomic E-state index is 10.5. The normalized spacial score (nSPS) is 12.1. The Kier molecular flexibility index (Phi) is 4.12. The van der Waals surface area contributed by atoms with Crippen molar-refractivity contribution in [3.05, 3.63) is 29.8 Å². The summed E-state index contributed by atoms with van der Waals surface area (Å²) < 4.78 is 10.1. The maximum Gasteiger partial charge on any atom is 0.332 e. The van der Waals surface area contributed by atoms with Crippen molar-refractivity contribution in [2.24, 2.45) is 0 Å². The summed E-state index contributed by atoms with van der Waals surface area (Å²) in [5.41, 5.74) is 0.920. The van der Waals surface area contributed by atoms with E-state index in [1.54, 1.807) is 7.11 Å². The first-order valence-corrected chi connectivity index (χ1v) is 4.61. The first-order valence-electron chi connectivity index (χ1n) is 4.61. The summed E-state index contributed by atoms with van der Waals surface area (Å²) in [6.07, 6.45) is -0.785. The van der Waals surface area contributed by atoms with Gasteiger partial charge in [-0.2, -0.15) is 0 Å². The Labute approximate surface area is 88.4 Å². The number of carboxylic acid groups (broad SMARTS) is 1. The molecule has 0 saturated heterocycles. The number of hydrogen-bond acceptors (Lipinski definition) is 3. The van der Waals surface area contributed by atoms with E-state index in [-0.39, 0.29) is 6.61 Å². The highest BCUT2D eigenvalue weighted by Crippen LogP contribution is 2.12. The molecule has 4 heteroatoms. The van der Waals surface area contributed by atoms with Crippen LogP contribution in [0.1, 0.15) is 12.5 Å². The second kappa shape index (κ2) is 5.36. The largest absolute Gasteiger partial charge is 0.497 e. The van der Waals surface area contributed by atoms with Crippen LogP contribution in [-0.4, -0.2) is 24.3 Å². The smallest absolute Gasteiger partial charge is 0.332 e. The van der Waals surface area contributed by atoms with Gasteiger partial charge in [0.15, 0.2) is 6.10 Å². The molecule has 0 amide bonds. The van der Waals surface area contributed by atoms with Crippen molar-refractivity contribution in [1.29, 1.82) is 0 Å².